The fourth-order valence-electron chi connectivity index (χ4n) is 3.10. The van der Waals surface area contributed by atoms with E-state index < -0.39 is 5.91 Å². The third-order valence-electron chi connectivity index (χ3n) is 4.98. The van der Waals surface area contributed by atoms with Gasteiger partial charge in [0.15, 0.2) is 0 Å². The highest BCUT2D eigenvalue weighted by atomic mass is 16.5. The van der Waals surface area contributed by atoms with E-state index in [1.54, 1.807) is 54.6 Å². The molecule has 0 fully saturated rings. The van der Waals surface area contributed by atoms with Crippen LogP contribution in [0.4, 0.5) is 0 Å². The van der Waals surface area contributed by atoms with Gasteiger partial charge in [0.05, 0.1) is 18.7 Å². The minimum absolute atomic E-state index is 0.0251. The van der Waals surface area contributed by atoms with E-state index in [-0.39, 0.29) is 17.6 Å². The molecule has 0 radical (unpaired) electrons. The lowest BCUT2D eigenvalue weighted by molar-refractivity contribution is -0.117. The van der Waals surface area contributed by atoms with Crippen molar-refractivity contribution in [1.29, 1.82) is 5.26 Å². The number of hydrogen-bond donors (Lipinski definition) is 1. The van der Waals surface area contributed by atoms with E-state index in [0.717, 1.165) is 11.1 Å². The Morgan fingerprint density at radius 3 is 2.27 bits per heavy atom. The van der Waals surface area contributed by atoms with Gasteiger partial charge < -0.3 is 14.8 Å². The molecule has 1 N–H and O–H groups in total. The van der Waals surface area contributed by atoms with Gasteiger partial charge in [-0.15, -0.1) is 0 Å². The van der Waals surface area contributed by atoms with E-state index in [1.807, 2.05) is 43.3 Å². The second-order valence-electron chi connectivity index (χ2n) is 7.32. The molecule has 3 aromatic rings. The highest BCUT2D eigenvalue weighted by Gasteiger charge is 2.13. The largest absolute Gasteiger partial charge is 0.489 e. The zero-order chi connectivity index (χ0) is 23.6. The van der Waals surface area contributed by atoms with Gasteiger partial charge >= 0.3 is 5.97 Å². The topological polar surface area (TPSA) is 88.4 Å². The molecule has 0 bridgehead atoms. The number of esters is 1. The van der Waals surface area contributed by atoms with Crippen LogP contribution in [-0.4, -0.2) is 19.0 Å². The van der Waals surface area contributed by atoms with Crippen molar-refractivity contribution in [3.8, 4) is 11.8 Å². The number of rotatable bonds is 8. The molecular formula is C27H24N2O4. The molecule has 33 heavy (non-hydrogen) atoms. The number of carbonyl (C=O) groups is 2. The highest BCUT2D eigenvalue weighted by Crippen LogP contribution is 2.18. The van der Waals surface area contributed by atoms with Crippen LogP contribution in [0.3, 0.4) is 0 Å². The van der Waals surface area contributed by atoms with Gasteiger partial charge in [-0.2, -0.15) is 5.26 Å². The Kier molecular flexibility index (Phi) is 7.98. The fraction of sp³-hybridized carbons (Fsp3) is 0.148. The van der Waals surface area contributed by atoms with Crippen molar-refractivity contribution in [3.63, 3.8) is 0 Å². The van der Waals surface area contributed by atoms with Gasteiger partial charge in [-0.05, 0) is 54.0 Å². The van der Waals surface area contributed by atoms with Crippen LogP contribution in [0.5, 0.6) is 5.75 Å². The zero-order valence-electron chi connectivity index (χ0n) is 18.4. The maximum Gasteiger partial charge on any atom is 0.337 e. The number of nitrogens with zero attached hydrogens (tertiary/aromatic N) is 1. The lowest BCUT2D eigenvalue weighted by atomic mass is 10.1. The lowest BCUT2D eigenvalue weighted by Crippen LogP contribution is -2.27. The molecule has 0 saturated carbocycles. The highest BCUT2D eigenvalue weighted by molar-refractivity contribution is 6.01. The summed E-state index contributed by atoms with van der Waals surface area (Å²) in [5.74, 6) is -0.166. The first-order valence-electron chi connectivity index (χ1n) is 10.4. The number of methoxy groups -OCH3 is 1. The molecule has 6 nitrogen and oxygen atoms in total. The van der Waals surface area contributed by atoms with Crippen molar-refractivity contribution in [2.45, 2.75) is 19.6 Å². The third-order valence-corrected chi connectivity index (χ3v) is 4.98. The van der Waals surface area contributed by atoms with Gasteiger partial charge in [-0.25, -0.2) is 4.79 Å². The zero-order valence-corrected chi connectivity index (χ0v) is 18.4. The Balaban J connectivity index is 1.59. The van der Waals surface area contributed by atoms with Crippen LogP contribution in [0.15, 0.2) is 84.4 Å². The summed E-state index contributed by atoms with van der Waals surface area (Å²) in [6, 6.07) is 25.4. The van der Waals surface area contributed by atoms with E-state index in [2.05, 4.69) is 10.1 Å². The number of nitriles is 1. The summed E-state index contributed by atoms with van der Waals surface area (Å²) < 4.78 is 10.5. The quantitative estimate of drug-likeness (QED) is 0.308. The number of amides is 1. The minimum Gasteiger partial charge on any atom is -0.489 e. The van der Waals surface area contributed by atoms with Crippen molar-refractivity contribution >= 4 is 18.0 Å². The molecule has 0 aromatic heterocycles. The predicted octanol–water partition coefficient (Wildman–Crippen LogP) is 4.84. The third kappa shape index (κ3) is 6.55. The number of nitrogens with one attached hydrogen (secondary N) is 1. The number of benzene rings is 3. The lowest BCUT2D eigenvalue weighted by Gasteiger charge is -2.13. The molecule has 166 valence electrons. The SMILES string of the molecule is COC(=O)c1ccc(COc2ccc(/C=C(\C#N)C(=O)N[C@@H](C)c3ccccc3)cc2)cc1. The van der Waals surface area contributed by atoms with Crippen LogP contribution in [0.1, 0.15) is 40.0 Å². The van der Waals surface area contributed by atoms with Crippen molar-refractivity contribution in [3.05, 3.63) is 107 Å². The van der Waals surface area contributed by atoms with Crippen molar-refractivity contribution in [2.75, 3.05) is 7.11 Å². The molecule has 0 spiro atoms. The summed E-state index contributed by atoms with van der Waals surface area (Å²) in [5.41, 5.74) is 3.08. The summed E-state index contributed by atoms with van der Waals surface area (Å²) in [4.78, 5) is 24.0. The van der Waals surface area contributed by atoms with Gasteiger partial charge in [-0.1, -0.05) is 54.6 Å². The molecule has 0 saturated heterocycles. The fourth-order valence-corrected chi connectivity index (χ4v) is 3.10. The number of carbonyl (C=O) groups excluding carboxylic acids is 2. The summed E-state index contributed by atoms with van der Waals surface area (Å²) in [6.45, 7) is 2.21. The van der Waals surface area contributed by atoms with Gasteiger partial charge in [-0.3, -0.25) is 4.79 Å². The number of hydrogen-bond acceptors (Lipinski definition) is 5. The van der Waals surface area contributed by atoms with Crippen molar-refractivity contribution in [1.82, 2.24) is 5.32 Å². The summed E-state index contributed by atoms with van der Waals surface area (Å²) >= 11 is 0. The Bertz CT molecular complexity index is 1160. The minimum atomic E-state index is -0.426. The van der Waals surface area contributed by atoms with Crippen LogP contribution in [0.2, 0.25) is 0 Å². The molecule has 0 heterocycles. The van der Waals surface area contributed by atoms with Crippen molar-refractivity contribution < 1.29 is 19.1 Å². The van der Waals surface area contributed by atoms with Crippen molar-refractivity contribution in [2.24, 2.45) is 0 Å². The van der Waals surface area contributed by atoms with Crippen LogP contribution in [-0.2, 0) is 16.1 Å². The van der Waals surface area contributed by atoms with E-state index in [0.29, 0.717) is 23.5 Å². The Morgan fingerprint density at radius 2 is 1.67 bits per heavy atom. The maximum absolute atomic E-state index is 12.5. The van der Waals surface area contributed by atoms with E-state index in [9.17, 15) is 14.9 Å². The van der Waals surface area contributed by atoms with Gasteiger partial charge in [0, 0.05) is 0 Å². The molecule has 1 atom stereocenters. The molecule has 0 unspecified atom stereocenters. The molecule has 0 aliphatic rings. The Hall–Kier alpha value is -4.37. The van der Waals surface area contributed by atoms with E-state index in [1.165, 1.54) is 7.11 Å². The normalized spacial score (nSPS) is 11.7. The molecule has 3 aromatic carbocycles. The standard InChI is InChI=1S/C27H24N2O4/c1-19(22-6-4-3-5-7-22)29-26(30)24(17-28)16-20-10-14-25(15-11-20)33-18-21-8-12-23(13-9-21)27(31)32-2/h3-16,19H,18H2,1-2H3,(H,29,30)/b24-16+/t19-/m0/s1. The van der Waals surface area contributed by atoms with E-state index >= 15 is 0 Å². The smallest absolute Gasteiger partial charge is 0.337 e. The van der Waals surface area contributed by atoms with Crippen LogP contribution < -0.4 is 10.1 Å². The van der Waals surface area contributed by atoms with Crippen LogP contribution in [0, 0.1) is 11.3 Å². The monoisotopic (exact) mass is 440 g/mol. The second-order valence-corrected chi connectivity index (χ2v) is 7.32. The first-order chi connectivity index (χ1) is 16.0. The second kappa shape index (κ2) is 11.3. The van der Waals surface area contributed by atoms with Gasteiger partial charge in [0.25, 0.3) is 5.91 Å². The Labute approximate surface area is 193 Å². The average molecular weight is 440 g/mol. The molecule has 0 aliphatic heterocycles. The summed E-state index contributed by atoms with van der Waals surface area (Å²) in [6.07, 6.45) is 1.54. The molecule has 1 amide bonds. The summed E-state index contributed by atoms with van der Waals surface area (Å²) in [7, 11) is 1.34. The van der Waals surface area contributed by atoms with Gasteiger partial charge in [0.1, 0.15) is 24.0 Å². The first-order valence-corrected chi connectivity index (χ1v) is 10.4. The summed E-state index contributed by atoms with van der Waals surface area (Å²) in [5, 5.41) is 12.3. The predicted molar refractivity (Wildman–Crippen MR) is 125 cm³/mol. The maximum atomic E-state index is 12.5. The first kappa shape index (κ1) is 23.3. The Morgan fingerprint density at radius 1 is 1.00 bits per heavy atom. The molecular weight excluding hydrogens is 416 g/mol. The molecule has 0 aliphatic carbocycles. The van der Waals surface area contributed by atoms with Crippen LogP contribution >= 0.6 is 0 Å². The van der Waals surface area contributed by atoms with E-state index in [4.69, 9.17) is 4.74 Å². The molecule has 3 rings (SSSR count). The number of ether oxygens (including phenoxy) is 2. The molecule has 6 heteroatoms. The average Bonchev–Trinajstić information content (AvgIpc) is 2.87. The van der Waals surface area contributed by atoms with Crippen LogP contribution in [0.25, 0.3) is 6.08 Å². The van der Waals surface area contributed by atoms with Gasteiger partial charge in [0.2, 0.25) is 0 Å².